The van der Waals surface area contributed by atoms with Crippen LogP contribution in [0.15, 0.2) is 55.1 Å². The van der Waals surface area contributed by atoms with E-state index in [1.165, 1.54) is 22.3 Å². The third kappa shape index (κ3) is 3.61. The molecule has 3 rings (SSSR count). The maximum absolute atomic E-state index is 4.00. The Hall–Kier alpha value is -1.90. The van der Waals surface area contributed by atoms with Crippen molar-refractivity contribution in [2.45, 2.75) is 45.4 Å². The molecular formula is C22H28N2. The van der Waals surface area contributed by atoms with Crippen LogP contribution in [0.3, 0.4) is 0 Å². The summed E-state index contributed by atoms with van der Waals surface area (Å²) in [7, 11) is 0. The first kappa shape index (κ1) is 16.9. The van der Waals surface area contributed by atoms with Gasteiger partial charge >= 0.3 is 0 Å². The van der Waals surface area contributed by atoms with Crippen molar-refractivity contribution < 1.29 is 0 Å². The third-order valence-electron chi connectivity index (χ3n) is 5.09. The molecule has 1 atom stereocenters. The minimum absolute atomic E-state index is 0.0126. The van der Waals surface area contributed by atoms with Gasteiger partial charge in [0.15, 0.2) is 0 Å². The summed E-state index contributed by atoms with van der Waals surface area (Å²) in [5.41, 5.74) is 5.37. The number of hydrogen-bond donors (Lipinski definition) is 1. The van der Waals surface area contributed by atoms with Crippen molar-refractivity contribution in [3.05, 3.63) is 77.4 Å². The molecule has 0 radical (unpaired) electrons. The van der Waals surface area contributed by atoms with Gasteiger partial charge in [-0.1, -0.05) is 61.2 Å². The molecule has 0 aliphatic carbocycles. The smallest absolute Gasteiger partial charge is 0.0660 e. The summed E-state index contributed by atoms with van der Waals surface area (Å²) in [6.45, 7) is 12.8. The van der Waals surface area contributed by atoms with Crippen LogP contribution >= 0.6 is 0 Å². The van der Waals surface area contributed by atoms with Crippen molar-refractivity contribution in [3.63, 3.8) is 0 Å². The van der Waals surface area contributed by atoms with Gasteiger partial charge in [0.1, 0.15) is 0 Å². The zero-order valence-corrected chi connectivity index (χ0v) is 15.0. The Bertz CT molecular complexity index is 703. The molecule has 0 unspecified atom stereocenters. The average molecular weight is 320 g/mol. The third-order valence-corrected chi connectivity index (χ3v) is 5.09. The molecule has 0 spiro atoms. The van der Waals surface area contributed by atoms with Crippen molar-refractivity contribution in [2.75, 3.05) is 6.54 Å². The van der Waals surface area contributed by atoms with Crippen molar-refractivity contribution in [3.8, 4) is 0 Å². The van der Waals surface area contributed by atoms with Crippen LogP contribution in [0.2, 0.25) is 0 Å². The lowest BCUT2D eigenvalue weighted by atomic mass is 9.96. The van der Waals surface area contributed by atoms with Crippen LogP contribution in [0.25, 0.3) is 6.08 Å². The van der Waals surface area contributed by atoms with Gasteiger partial charge in [-0.05, 0) is 49.4 Å². The summed E-state index contributed by atoms with van der Waals surface area (Å²) in [5.74, 6) is 0. The first-order valence-corrected chi connectivity index (χ1v) is 8.77. The van der Waals surface area contributed by atoms with Gasteiger partial charge in [-0.25, -0.2) is 0 Å². The fourth-order valence-electron chi connectivity index (χ4n) is 3.79. The predicted molar refractivity (Wildman–Crippen MR) is 103 cm³/mol. The second kappa shape index (κ2) is 6.92. The Balaban J connectivity index is 1.73. The lowest BCUT2D eigenvalue weighted by molar-refractivity contribution is 0.149. The molecular weight excluding hydrogens is 292 g/mol. The van der Waals surface area contributed by atoms with Crippen molar-refractivity contribution >= 4 is 6.08 Å². The van der Waals surface area contributed by atoms with Gasteiger partial charge in [-0.3, -0.25) is 10.2 Å². The van der Waals surface area contributed by atoms with Crippen LogP contribution in [0, 0.1) is 6.92 Å². The highest BCUT2D eigenvalue weighted by Crippen LogP contribution is 2.26. The van der Waals surface area contributed by atoms with Crippen LogP contribution in [0.1, 0.15) is 36.1 Å². The van der Waals surface area contributed by atoms with Gasteiger partial charge in [0, 0.05) is 19.1 Å². The van der Waals surface area contributed by atoms with E-state index in [1.54, 1.807) is 0 Å². The largest absolute Gasteiger partial charge is 0.295 e. The first-order valence-electron chi connectivity index (χ1n) is 8.77. The van der Waals surface area contributed by atoms with Crippen molar-refractivity contribution in [2.24, 2.45) is 0 Å². The SMILES string of the molecule is C=Cc1c(C)cccc1C[C@H]1CN(Cc2ccccc2)C(C)(C)N1. The lowest BCUT2D eigenvalue weighted by Crippen LogP contribution is -2.46. The standard InChI is InChI=1S/C22H28N2/c1-5-21-17(2)10-9-13-19(21)14-20-16-24(22(3,4)23-20)15-18-11-7-6-8-12-18/h5-13,20,23H,1,14-16H2,2-4H3/t20-/m0/s1. The monoisotopic (exact) mass is 320 g/mol. The van der Waals surface area contributed by atoms with Crippen LogP contribution < -0.4 is 5.32 Å². The molecule has 2 aromatic rings. The number of hydrogen-bond acceptors (Lipinski definition) is 2. The fraction of sp³-hybridized carbons (Fsp3) is 0.364. The van der Waals surface area contributed by atoms with E-state index in [9.17, 15) is 0 Å². The van der Waals surface area contributed by atoms with Crippen LogP contribution in [0.5, 0.6) is 0 Å². The van der Waals surface area contributed by atoms with E-state index >= 15 is 0 Å². The molecule has 0 amide bonds. The van der Waals surface area contributed by atoms with Gasteiger partial charge < -0.3 is 0 Å². The van der Waals surface area contributed by atoms with Crippen molar-refractivity contribution in [1.82, 2.24) is 10.2 Å². The minimum Gasteiger partial charge on any atom is -0.295 e. The maximum Gasteiger partial charge on any atom is 0.0660 e. The van der Waals surface area contributed by atoms with Gasteiger partial charge in [-0.2, -0.15) is 0 Å². The number of nitrogens with one attached hydrogen (secondary N) is 1. The number of aryl methyl sites for hydroxylation is 1. The van der Waals surface area contributed by atoms with E-state index < -0.39 is 0 Å². The normalized spacial score (nSPS) is 20.2. The molecule has 1 aliphatic heterocycles. The van der Waals surface area contributed by atoms with Gasteiger partial charge in [0.05, 0.1) is 5.66 Å². The Morgan fingerprint density at radius 3 is 2.62 bits per heavy atom. The van der Waals surface area contributed by atoms with Crippen LogP contribution in [-0.4, -0.2) is 23.1 Å². The average Bonchev–Trinajstić information content (AvgIpc) is 2.82. The molecule has 1 fully saturated rings. The maximum atomic E-state index is 4.00. The zero-order valence-electron chi connectivity index (χ0n) is 15.0. The molecule has 24 heavy (non-hydrogen) atoms. The Labute approximate surface area is 146 Å². The summed E-state index contributed by atoms with van der Waals surface area (Å²) < 4.78 is 0. The first-order chi connectivity index (χ1) is 11.5. The Morgan fingerprint density at radius 1 is 1.17 bits per heavy atom. The Kier molecular flexibility index (Phi) is 4.88. The van der Waals surface area contributed by atoms with E-state index in [-0.39, 0.29) is 5.66 Å². The van der Waals surface area contributed by atoms with Gasteiger partial charge in [0.25, 0.3) is 0 Å². The molecule has 1 heterocycles. The quantitative estimate of drug-likeness (QED) is 0.879. The highest BCUT2D eigenvalue weighted by Gasteiger charge is 2.37. The van der Waals surface area contributed by atoms with Crippen molar-refractivity contribution in [1.29, 1.82) is 0 Å². The molecule has 2 aromatic carbocycles. The summed E-state index contributed by atoms with van der Waals surface area (Å²) in [4.78, 5) is 2.54. The highest BCUT2D eigenvalue weighted by atomic mass is 15.4. The van der Waals surface area contributed by atoms with Crippen LogP contribution in [0.4, 0.5) is 0 Å². The highest BCUT2D eigenvalue weighted by molar-refractivity contribution is 5.56. The molecule has 0 bridgehead atoms. The number of nitrogens with zero attached hydrogens (tertiary/aromatic N) is 1. The molecule has 126 valence electrons. The van der Waals surface area contributed by atoms with E-state index in [2.05, 4.69) is 86.1 Å². The molecule has 1 N–H and O–H groups in total. The second-order valence-corrected chi connectivity index (χ2v) is 7.32. The summed E-state index contributed by atoms with van der Waals surface area (Å²) >= 11 is 0. The van der Waals surface area contributed by atoms with Gasteiger partial charge in [-0.15, -0.1) is 0 Å². The Morgan fingerprint density at radius 2 is 1.92 bits per heavy atom. The second-order valence-electron chi connectivity index (χ2n) is 7.32. The van der Waals surface area contributed by atoms with Gasteiger partial charge in [0.2, 0.25) is 0 Å². The predicted octanol–water partition coefficient (Wildman–Crippen LogP) is 4.39. The number of benzene rings is 2. The molecule has 1 aliphatic rings. The lowest BCUT2D eigenvalue weighted by Gasteiger charge is -2.31. The molecule has 2 heteroatoms. The van der Waals surface area contributed by atoms with E-state index in [0.717, 1.165) is 19.5 Å². The van der Waals surface area contributed by atoms with Crippen LogP contribution in [-0.2, 0) is 13.0 Å². The molecule has 1 saturated heterocycles. The van der Waals surface area contributed by atoms with E-state index in [1.807, 2.05) is 6.08 Å². The van der Waals surface area contributed by atoms with E-state index in [0.29, 0.717) is 6.04 Å². The minimum atomic E-state index is 0.0126. The summed E-state index contributed by atoms with van der Waals surface area (Å²) in [5, 5.41) is 3.81. The summed E-state index contributed by atoms with van der Waals surface area (Å²) in [6, 6.07) is 17.7. The number of rotatable bonds is 5. The zero-order chi connectivity index (χ0) is 17.2. The summed E-state index contributed by atoms with van der Waals surface area (Å²) in [6.07, 6.45) is 3.03. The fourth-order valence-corrected chi connectivity index (χ4v) is 3.79. The molecule has 0 saturated carbocycles. The molecule has 0 aromatic heterocycles. The molecule has 2 nitrogen and oxygen atoms in total. The topological polar surface area (TPSA) is 15.3 Å². The van der Waals surface area contributed by atoms with E-state index in [4.69, 9.17) is 0 Å².